The second-order valence-corrected chi connectivity index (χ2v) is 6.66. The molecule has 6 amide bonds. The lowest BCUT2D eigenvalue weighted by atomic mass is 9.92. The molecule has 1 aromatic heterocycles. The number of hydrogen-bond acceptors (Lipinski definition) is 6. The van der Waals surface area contributed by atoms with Crippen LogP contribution in [0.15, 0.2) is 47.1 Å². The number of alkyl halides is 2. The van der Waals surface area contributed by atoms with Crippen molar-refractivity contribution in [1.82, 2.24) is 20.9 Å². The number of halogens is 2. The lowest BCUT2D eigenvalue weighted by molar-refractivity contribution is -0.134. The number of urea groups is 2. The molecule has 1 fully saturated rings. The molecule has 1 saturated heterocycles. The fraction of sp³-hybridized carbons (Fsp3) is 0.263. The average Bonchev–Trinajstić information content (AvgIpc) is 3.30. The van der Waals surface area contributed by atoms with Gasteiger partial charge in [0.15, 0.2) is 0 Å². The van der Waals surface area contributed by atoms with E-state index < -0.39 is 42.6 Å². The molecular formula is C19H18F2N4O6. The van der Waals surface area contributed by atoms with Crippen molar-refractivity contribution in [1.29, 1.82) is 0 Å². The zero-order valence-electron chi connectivity index (χ0n) is 16.2. The van der Waals surface area contributed by atoms with Gasteiger partial charge >= 0.3 is 18.7 Å². The molecule has 1 atom stereocenters. The second kappa shape index (κ2) is 8.81. The van der Waals surface area contributed by atoms with E-state index in [1.807, 2.05) is 5.32 Å². The summed E-state index contributed by atoms with van der Waals surface area (Å²) < 4.78 is 33.9. The number of rotatable bonds is 7. The highest BCUT2D eigenvalue weighted by molar-refractivity contribution is 6.10. The quantitative estimate of drug-likeness (QED) is 0.566. The zero-order valence-corrected chi connectivity index (χ0v) is 16.2. The number of ether oxygens (including phenoxy) is 1. The van der Waals surface area contributed by atoms with Gasteiger partial charge in [0.1, 0.15) is 23.6 Å². The van der Waals surface area contributed by atoms with Crippen LogP contribution >= 0.6 is 0 Å². The van der Waals surface area contributed by atoms with Crippen molar-refractivity contribution in [2.24, 2.45) is 0 Å². The number of imide groups is 2. The minimum absolute atomic E-state index is 0.0403. The Morgan fingerprint density at radius 2 is 1.94 bits per heavy atom. The van der Waals surface area contributed by atoms with E-state index >= 15 is 0 Å². The van der Waals surface area contributed by atoms with E-state index in [0.29, 0.717) is 16.2 Å². The van der Waals surface area contributed by atoms with Crippen LogP contribution in [0, 0.1) is 0 Å². The van der Waals surface area contributed by atoms with Crippen LogP contribution in [-0.4, -0.2) is 41.9 Å². The van der Waals surface area contributed by atoms with Crippen LogP contribution in [0.2, 0.25) is 0 Å². The third-order valence-electron chi connectivity index (χ3n) is 4.49. The Kier molecular flexibility index (Phi) is 6.18. The van der Waals surface area contributed by atoms with Gasteiger partial charge in [-0.2, -0.15) is 8.78 Å². The number of nitrogens with one attached hydrogen (secondary N) is 3. The largest absolute Gasteiger partial charge is 0.467 e. The molecular weight excluding hydrogens is 418 g/mol. The predicted octanol–water partition coefficient (Wildman–Crippen LogP) is 1.67. The Morgan fingerprint density at radius 3 is 2.55 bits per heavy atom. The zero-order chi connectivity index (χ0) is 22.6. The number of amides is 6. The van der Waals surface area contributed by atoms with Crippen LogP contribution in [0.25, 0.3) is 0 Å². The predicted molar refractivity (Wildman–Crippen MR) is 99.8 cm³/mol. The van der Waals surface area contributed by atoms with E-state index in [1.165, 1.54) is 37.5 Å². The maximum atomic E-state index is 12.8. The number of furan rings is 1. The fourth-order valence-corrected chi connectivity index (χ4v) is 2.94. The van der Waals surface area contributed by atoms with Crippen molar-refractivity contribution in [3.05, 3.63) is 54.0 Å². The Morgan fingerprint density at radius 1 is 1.23 bits per heavy atom. The minimum Gasteiger partial charge on any atom is -0.467 e. The van der Waals surface area contributed by atoms with Crippen molar-refractivity contribution in [3.63, 3.8) is 0 Å². The highest BCUT2D eigenvalue weighted by Gasteiger charge is 2.49. The number of nitrogens with zero attached hydrogens (tertiary/aromatic N) is 1. The highest BCUT2D eigenvalue weighted by Crippen LogP contribution is 2.30. The summed E-state index contributed by atoms with van der Waals surface area (Å²) in [6.45, 7) is -2.25. The van der Waals surface area contributed by atoms with Crippen molar-refractivity contribution < 1.29 is 37.1 Å². The third-order valence-corrected chi connectivity index (χ3v) is 4.49. The van der Waals surface area contributed by atoms with Gasteiger partial charge in [-0.25, -0.2) is 9.59 Å². The van der Waals surface area contributed by atoms with Crippen LogP contribution in [0.4, 0.5) is 18.4 Å². The molecule has 3 rings (SSSR count). The third kappa shape index (κ3) is 4.97. The molecule has 1 unspecified atom stereocenters. The second-order valence-electron chi connectivity index (χ2n) is 6.66. The number of carbonyl (C=O) groups excluding carboxylic acids is 4. The van der Waals surface area contributed by atoms with E-state index in [4.69, 9.17) is 4.42 Å². The molecule has 0 radical (unpaired) electrons. The van der Waals surface area contributed by atoms with Crippen molar-refractivity contribution in [2.75, 3.05) is 6.54 Å². The Bertz CT molecular complexity index is 980. The molecule has 10 nitrogen and oxygen atoms in total. The van der Waals surface area contributed by atoms with Gasteiger partial charge in [-0.1, -0.05) is 12.1 Å². The number of hydrogen-bond donors (Lipinski definition) is 3. The molecule has 1 aliphatic rings. The minimum atomic E-state index is -3.00. The normalized spacial score (nSPS) is 18.1. The molecule has 2 heterocycles. The molecule has 31 heavy (non-hydrogen) atoms. The van der Waals surface area contributed by atoms with Gasteiger partial charge in [-0.05, 0) is 36.8 Å². The van der Waals surface area contributed by atoms with Crippen LogP contribution in [-0.2, 0) is 21.7 Å². The molecule has 1 aromatic carbocycles. The lowest BCUT2D eigenvalue weighted by Crippen LogP contribution is -2.46. The Balaban J connectivity index is 1.60. The molecule has 0 bridgehead atoms. The first-order chi connectivity index (χ1) is 14.7. The smallest absolute Gasteiger partial charge is 0.387 e. The summed E-state index contributed by atoms with van der Waals surface area (Å²) in [6.07, 6.45) is 1.42. The van der Waals surface area contributed by atoms with Gasteiger partial charge in [-0.15, -0.1) is 0 Å². The maximum absolute atomic E-state index is 12.8. The Hall–Kier alpha value is -3.96. The molecule has 12 heteroatoms. The SMILES string of the molecule is CC1(c2ccc(OC(F)F)cc2)NC(=O)N(CC(=O)NC(=O)NCc2ccco2)C1=O. The molecule has 3 N–H and O–H groups in total. The summed E-state index contributed by atoms with van der Waals surface area (Å²) in [7, 11) is 0. The van der Waals surface area contributed by atoms with E-state index in [9.17, 15) is 28.0 Å². The Labute approximate surface area is 174 Å². The van der Waals surface area contributed by atoms with Gasteiger partial charge < -0.3 is 19.8 Å². The van der Waals surface area contributed by atoms with E-state index in [-0.39, 0.29) is 12.3 Å². The van der Waals surface area contributed by atoms with Crippen LogP contribution < -0.4 is 20.7 Å². The van der Waals surface area contributed by atoms with Crippen molar-refractivity contribution >= 4 is 23.9 Å². The number of benzene rings is 1. The standard InChI is InChI=1S/C19H18F2N4O6/c1-19(11-4-6-12(7-5-11)31-16(20)21)15(27)25(18(29)24-19)10-14(26)23-17(28)22-9-13-3-2-8-30-13/h2-8,16H,9-10H2,1H3,(H,24,29)(H2,22,23,26,28). The number of carbonyl (C=O) groups is 4. The first-order valence-electron chi connectivity index (χ1n) is 8.98. The molecule has 0 saturated carbocycles. The average molecular weight is 436 g/mol. The molecule has 164 valence electrons. The lowest BCUT2D eigenvalue weighted by Gasteiger charge is -2.22. The first-order valence-corrected chi connectivity index (χ1v) is 8.98. The summed E-state index contributed by atoms with van der Waals surface area (Å²) in [4.78, 5) is 49.6. The van der Waals surface area contributed by atoms with Gasteiger partial charge in [0, 0.05) is 0 Å². The van der Waals surface area contributed by atoms with Crippen molar-refractivity contribution in [3.8, 4) is 5.75 Å². The summed E-state index contributed by atoms with van der Waals surface area (Å²) in [6, 6.07) is 6.74. The van der Waals surface area contributed by atoms with Crippen LogP contribution in [0.3, 0.4) is 0 Å². The van der Waals surface area contributed by atoms with Crippen molar-refractivity contribution in [2.45, 2.75) is 25.6 Å². The summed E-state index contributed by atoms with van der Waals surface area (Å²) >= 11 is 0. The first kappa shape index (κ1) is 21.7. The van der Waals surface area contributed by atoms with Crippen LogP contribution in [0.1, 0.15) is 18.2 Å². The summed E-state index contributed by atoms with van der Waals surface area (Å²) in [5, 5.41) is 6.87. The molecule has 0 aliphatic carbocycles. The monoisotopic (exact) mass is 436 g/mol. The molecule has 0 spiro atoms. The highest BCUT2D eigenvalue weighted by atomic mass is 19.3. The van der Waals surface area contributed by atoms with Gasteiger partial charge in [0.2, 0.25) is 5.91 Å². The van der Waals surface area contributed by atoms with E-state index in [1.54, 1.807) is 12.1 Å². The molecule has 2 aromatic rings. The van der Waals surface area contributed by atoms with E-state index in [2.05, 4.69) is 15.4 Å². The fourth-order valence-electron chi connectivity index (χ4n) is 2.94. The van der Waals surface area contributed by atoms with E-state index in [0.717, 1.165) is 0 Å². The summed E-state index contributed by atoms with van der Waals surface area (Å²) in [5.41, 5.74) is -1.23. The molecule has 1 aliphatic heterocycles. The van der Waals surface area contributed by atoms with Gasteiger partial charge in [0.05, 0.1) is 12.8 Å². The summed E-state index contributed by atoms with van der Waals surface area (Å²) in [5.74, 6) is -1.27. The van der Waals surface area contributed by atoms with Gasteiger partial charge in [-0.3, -0.25) is 19.8 Å². The van der Waals surface area contributed by atoms with Crippen LogP contribution in [0.5, 0.6) is 5.75 Å². The maximum Gasteiger partial charge on any atom is 0.387 e. The topological polar surface area (TPSA) is 130 Å². The van der Waals surface area contributed by atoms with Gasteiger partial charge in [0.25, 0.3) is 5.91 Å².